The van der Waals surface area contributed by atoms with Gasteiger partial charge in [-0.05, 0) is 54.8 Å². The lowest BCUT2D eigenvalue weighted by atomic mass is 10.1. The minimum absolute atomic E-state index is 0.137. The van der Waals surface area contributed by atoms with Crippen molar-refractivity contribution in [1.29, 1.82) is 0 Å². The minimum atomic E-state index is -0.137. The SMILES string of the molecule is CCCn1ccc2cc(NC(=O)c3cccc(CN4CCCC4=O)c3)ccc21. The van der Waals surface area contributed by atoms with E-state index in [1.54, 1.807) is 6.07 Å². The molecule has 0 aliphatic carbocycles. The molecule has 1 aliphatic heterocycles. The van der Waals surface area contributed by atoms with Gasteiger partial charge in [0.05, 0.1) is 0 Å². The molecule has 1 fully saturated rings. The molecule has 5 nitrogen and oxygen atoms in total. The van der Waals surface area contributed by atoms with Crippen LogP contribution in [-0.2, 0) is 17.9 Å². The number of benzene rings is 2. The third-order valence-electron chi connectivity index (χ3n) is 5.23. The standard InChI is InChI=1S/C23H25N3O2/c1-2-11-25-13-10-18-15-20(8-9-21(18)25)24-23(28)19-6-3-5-17(14-19)16-26-12-4-7-22(26)27/h3,5-6,8-10,13-15H,2,4,7,11-12,16H2,1H3,(H,24,28). The second-order valence-corrected chi connectivity index (χ2v) is 7.36. The van der Waals surface area contributed by atoms with Gasteiger partial charge in [-0.1, -0.05) is 19.1 Å². The van der Waals surface area contributed by atoms with E-state index in [0.717, 1.165) is 42.6 Å². The largest absolute Gasteiger partial charge is 0.347 e. The predicted octanol–water partition coefficient (Wildman–Crippen LogP) is 4.43. The Morgan fingerprint density at radius 2 is 2.04 bits per heavy atom. The zero-order chi connectivity index (χ0) is 19.5. The first-order valence-electron chi connectivity index (χ1n) is 9.91. The molecule has 3 aromatic rings. The number of rotatable bonds is 6. The smallest absolute Gasteiger partial charge is 0.255 e. The zero-order valence-electron chi connectivity index (χ0n) is 16.1. The van der Waals surface area contributed by atoms with Crippen LogP contribution in [0, 0.1) is 0 Å². The summed E-state index contributed by atoms with van der Waals surface area (Å²) in [6, 6.07) is 15.6. The molecular formula is C23H25N3O2. The van der Waals surface area contributed by atoms with Crippen molar-refractivity contribution in [1.82, 2.24) is 9.47 Å². The molecule has 1 aromatic heterocycles. The molecule has 0 saturated carbocycles. The van der Waals surface area contributed by atoms with E-state index >= 15 is 0 Å². The maximum absolute atomic E-state index is 12.7. The quantitative estimate of drug-likeness (QED) is 0.693. The topological polar surface area (TPSA) is 54.3 Å². The van der Waals surface area contributed by atoms with Gasteiger partial charge >= 0.3 is 0 Å². The Bertz CT molecular complexity index is 1020. The fourth-order valence-electron chi connectivity index (χ4n) is 3.82. The summed E-state index contributed by atoms with van der Waals surface area (Å²) in [7, 11) is 0. The fraction of sp³-hybridized carbons (Fsp3) is 0.304. The molecule has 0 atom stereocenters. The lowest BCUT2D eigenvalue weighted by Crippen LogP contribution is -2.24. The summed E-state index contributed by atoms with van der Waals surface area (Å²) in [6.07, 6.45) is 4.72. The number of anilines is 1. The number of hydrogen-bond donors (Lipinski definition) is 1. The molecule has 0 unspecified atom stereocenters. The Kier molecular flexibility index (Phi) is 5.15. The highest BCUT2D eigenvalue weighted by Gasteiger charge is 2.20. The maximum atomic E-state index is 12.7. The van der Waals surface area contributed by atoms with Crippen LogP contribution in [-0.4, -0.2) is 27.8 Å². The molecule has 1 saturated heterocycles. The van der Waals surface area contributed by atoms with Crippen LogP contribution in [0.5, 0.6) is 0 Å². The van der Waals surface area contributed by atoms with E-state index in [1.807, 2.05) is 35.2 Å². The summed E-state index contributed by atoms with van der Waals surface area (Å²) >= 11 is 0. The molecule has 1 N–H and O–H groups in total. The van der Waals surface area contributed by atoms with E-state index < -0.39 is 0 Å². The van der Waals surface area contributed by atoms with Crippen LogP contribution in [0.3, 0.4) is 0 Å². The second-order valence-electron chi connectivity index (χ2n) is 7.36. The van der Waals surface area contributed by atoms with E-state index in [2.05, 4.69) is 35.1 Å². The summed E-state index contributed by atoms with van der Waals surface area (Å²) < 4.78 is 2.23. The normalized spacial score (nSPS) is 14.0. The predicted molar refractivity (Wildman–Crippen MR) is 111 cm³/mol. The van der Waals surface area contributed by atoms with Crippen molar-refractivity contribution < 1.29 is 9.59 Å². The van der Waals surface area contributed by atoms with Crippen LogP contribution >= 0.6 is 0 Å². The van der Waals surface area contributed by atoms with Gasteiger partial charge in [0.1, 0.15) is 0 Å². The van der Waals surface area contributed by atoms with Crippen molar-refractivity contribution in [2.24, 2.45) is 0 Å². The monoisotopic (exact) mass is 375 g/mol. The zero-order valence-corrected chi connectivity index (χ0v) is 16.1. The van der Waals surface area contributed by atoms with Gasteiger partial charge in [0, 0.05) is 54.4 Å². The lowest BCUT2D eigenvalue weighted by molar-refractivity contribution is -0.128. The summed E-state index contributed by atoms with van der Waals surface area (Å²) in [5.74, 6) is 0.0557. The van der Waals surface area contributed by atoms with Gasteiger partial charge in [0.2, 0.25) is 5.91 Å². The Labute approximate surface area is 165 Å². The maximum Gasteiger partial charge on any atom is 0.255 e. The Hall–Kier alpha value is -3.08. The van der Waals surface area contributed by atoms with Gasteiger partial charge in [0.15, 0.2) is 0 Å². The average molecular weight is 375 g/mol. The number of likely N-dealkylation sites (tertiary alicyclic amines) is 1. The first-order chi connectivity index (χ1) is 13.6. The number of amides is 2. The van der Waals surface area contributed by atoms with Gasteiger partial charge in [-0.25, -0.2) is 0 Å². The fourth-order valence-corrected chi connectivity index (χ4v) is 3.82. The summed E-state index contributed by atoms with van der Waals surface area (Å²) in [4.78, 5) is 26.4. The molecule has 0 radical (unpaired) electrons. The highest BCUT2D eigenvalue weighted by atomic mass is 16.2. The number of nitrogens with one attached hydrogen (secondary N) is 1. The van der Waals surface area contributed by atoms with Crippen LogP contribution in [0.4, 0.5) is 5.69 Å². The first kappa shape index (κ1) is 18.3. The van der Waals surface area contributed by atoms with E-state index in [1.165, 1.54) is 5.52 Å². The Morgan fingerprint density at radius 1 is 1.14 bits per heavy atom. The van der Waals surface area contributed by atoms with Crippen LogP contribution in [0.2, 0.25) is 0 Å². The molecule has 5 heteroatoms. The van der Waals surface area contributed by atoms with Gasteiger partial charge in [-0.3, -0.25) is 9.59 Å². The number of carbonyl (C=O) groups is 2. The molecule has 2 heterocycles. The number of nitrogens with zero attached hydrogens (tertiary/aromatic N) is 2. The molecule has 2 aromatic carbocycles. The molecule has 0 spiro atoms. The molecule has 4 rings (SSSR count). The van der Waals surface area contributed by atoms with E-state index in [0.29, 0.717) is 18.5 Å². The van der Waals surface area contributed by atoms with Crippen LogP contribution in [0.25, 0.3) is 10.9 Å². The van der Waals surface area contributed by atoms with Crippen LogP contribution in [0.15, 0.2) is 54.7 Å². The highest BCUT2D eigenvalue weighted by molar-refractivity contribution is 6.05. The van der Waals surface area contributed by atoms with Gasteiger partial charge in [-0.2, -0.15) is 0 Å². The molecular weight excluding hydrogens is 350 g/mol. The van der Waals surface area contributed by atoms with E-state index in [4.69, 9.17) is 0 Å². The molecule has 28 heavy (non-hydrogen) atoms. The number of carbonyl (C=O) groups excluding carboxylic acids is 2. The van der Waals surface area contributed by atoms with Crippen LogP contribution in [0.1, 0.15) is 42.1 Å². The third-order valence-corrected chi connectivity index (χ3v) is 5.23. The number of hydrogen-bond acceptors (Lipinski definition) is 2. The van der Waals surface area contributed by atoms with Gasteiger partial charge < -0.3 is 14.8 Å². The van der Waals surface area contributed by atoms with Crippen molar-refractivity contribution in [3.05, 3.63) is 65.9 Å². The first-order valence-corrected chi connectivity index (χ1v) is 9.91. The lowest BCUT2D eigenvalue weighted by Gasteiger charge is -2.16. The Balaban J connectivity index is 1.48. The van der Waals surface area contributed by atoms with Gasteiger partial charge in [0.25, 0.3) is 5.91 Å². The van der Waals surface area contributed by atoms with Gasteiger partial charge in [-0.15, -0.1) is 0 Å². The highest BCUT2D eigenvalue weighted by Crippen LogP contribution is 2.22. The molecule has 2 amide bonds. The van der Waals surface area contributed by atoms with Crippen molar-refractivity contribution in [3.63, 3.8) is 0 Å². The molecule has 1 aliphatic rings. The number of aromatic nitrogens is 1. The van der Waals surface area contributed by atoms with Crippen molar-refractivity contribution in [2.45, 2.75) is 39.3 Å². The molecule has 0 bridgehead atoms. The molecule has 144 valence electrons. The summed E-state index contributed by atoms with van der Waals surface area (Å²) in [5, 5.41) is 4.11. The van der Waals surface area contributed by atoms with E-state index in [9.17, 15) is 9.59 Å². The summed E-state index contributed by atoms with van der Waals surface area (Å²) in [5.41, 5.74) is 3.55. The average Bonchev–Trinajstić information content (AvgIpc) is 3.28. The summed E-state index contributed by atoms with van der Waals surface area (Å²) in [6.45, 7) is 4.51. The van der Waals surface area contributed by atoms with E-state index in [-0.39, 0.29) is 11.8 Å². The van der Waals surface area contributed by atoms with Crippen molar-refractivity contribution in [3.8, 4) is 0 Å². The third kappa shape index (κ3) is 3.79. The Morgan fingerprint density at radius 3 is 2.82 bits per heavy atom. The number of fused-ring (bicyclic) bond motifs is 1. The van der Waals surface area contributed by atoms with Crippen molar-refractivity contribution in [2.75, 3.05) is 11.9 Å². The number of aryl methyl sites for hydroxylation is 1. The minimum Gasteiger partial charge on any atom is -0.347 e. The van der Waals surface area contributed by atoms with Crippen molar-refractivity contribution >= 4 is 28.4 Å². The van der Waals surface area contributed by atoms with Crippen LogP contribution < -0.4 is 5.32 Å². The second kappa shape index (κ2) is 7.89.